The first-order chi connectivity index (χ1) is 8.36. The quantitative estimate of drug-likeness (QED) is 0.797. The van der Waals surface area contributed by atoms with Gasteiger partial charge in [-0.2, -0.15) is 0 Å². The number of piperidine rings is 1. The summed E-state index contributed by atoms with van der Waals surface area (Å²) >= 11 is 0. The minimum atomic E-state index is -0.0552. The molecule has 1 atom stereocenters. The Labute approximate surface area is 103 Å². The van der Waals surface area contributed by atoms with Gasteiger partial charge in [0.2, 0.25) is 0 Å². The summed E-state index contributed by atoms with van der Waals surface area (Å²) in [5.41, 5.74) is 0. The van der Waals surface area contributed by atoms with Crippen molar-refractivity contribution >= 4 is 6.09 Å². The van der Waals surface area contributed by atoms with E-state index in [-0.39, 0.29) is 6.09 Å². The number of carbonyl (C=O) groups is 1. The van der Waals surface area contributed by atoms with Gasteiger partial charge in [0.15, 0.2) is 0 Å². The van der Waals surface area contributed by atoms with E-state index >= 15 is 0 Å². The van der Waals surface area contributed by atoms with E-state index in [1.807, 2.05) is 0 Å². The molecule has 1 aliphatic carbocycles. The fraction of sp³-hybridized carbons (Fsp3) is 0.923. The van der Waals surface area contributed by atoms with Gasteiger partial charge in [-0.25, -0.2) is 4.79 Å². The molecule has 0 aromatic rings. The number of hydrogen-bond acceptors (Lipinski definition) is 3. The molecule has 0 spiro atoms. The van der Waals surface area contributed by atoms with Crippen LogP contribution in [0.25, 0.3) is 0 Å². The van der Waals surface area contributed by atoms with Crippen LogP contribution >= 0.6 is 0 Å². The minimum absolute atomic E-state index is 0.0552. The van der Waals surface area contributed by atoms with Crippen LogP contribution in [0, 0.1) is 5.92 Å². The molecule has 0 aromatic heterocycles. The molecule has 1 N–H and O–H groups in total. The summed E-state index contributed by atoms with van der Waals surface area (Å²) in [6.45, 7) is 2.81. The third-order valence-electron chi connectivity index (χ3n) is 4.59. The van der Waals surface area contributed by atoms with Crippen molar-refractivity contribution in [3.63, 3.8) is 0 Å². The van der Waals surface area contributed by atoms with Gasteiger partial charge in [-0.1, -0.05) is 12.8 Å². The lowest BCUT2D eigenvalue weighted by atomic mass is 9.89. The zero-order chi connectivity index (χ0) is 11.7. The van der Waals surface area contributed by atoms with E-state index in [2.05, 4.69) is 10.2 Å². The van der Waals surface area contributed by atoms with E-state index in [0.29, 0.717) is 24.6 Å². The van der Waals surface area contributed by atoms with Crippen LogP contribution in [0.15, 0.2) is 0 Å². The number of carbonyl (C=O) groups excluding carboxylic acids is 1. The lowest BCUT2D eigenvalue weighted by Crippen LogP contribution is -2.47. The third kappa shape index (κ3) is 2.15. The number of hydrogen-bond donors (Lipinski definition) is 1. The van der Waals surface area contributed by atoms with Gasteiger partial charge in [-0.05, 0) is 44.7 Å². The summed E-state index contributed by atoms with van der Waals surface area (Å²) in [4.78, 5) is 14.0. The highest BCUT2D eigenvalue weighted by Crippen LogP contribution is 2.33. The van der Waals surface area contributed by atoms with Gasteiger partial charge in [0, 0.05) is 6.04 Å². The maximum absolute atomic E-state index is 11.9. The van der Waals surface area contributed by atoms with Crippen molar-refractivity contribution in [2.24, 2.45) is 5.92 Å². The molecule has 0 radical (unpaired) electrons. The van der Waals surface area contributed by atoms with Crippen molar-refractivity contribution in [1.29, 1.82) is 0 Å². The predicted molar refractivity (Wildman–Crippen MR) is 64.8 cm³/mol. The van der Waals surface area contributed by atoms with Crippen LogP contribution < -0.4 is 5.32 Å². The van der Waals surface area contributed by atoms with Gasteiger partial charge in [0.25, 0.3) is 0 Å². The molecule has 4 heteroatoms. The fourth-order valence-corrected chi connectivity index (χ4v) is 3.64. The summed E-state index contributed by atoms with van der Waals surface area (Å²) in [7, 11) is 0. The molecule has 3 aliphatic rings. The first-order valence-corrected chi connectivity index (χ1v) is 7.02. The van der Waals surface area contributed by atoms with E-state index in [1.165, 1.54) is 38.5 Å². The number of cyclic esters (lactones) is 1. The molecule has 3 rings (SSSR count). The molecular formula is C13H22N2O2. The molecule has 1 saturated carbocycles. The molecule has 2 heterocycles. The van der Waals surface area contributed by atoms with Crippen LogP contribution in [0.5, 0.6) is 0 Å². The fourth-order valence-electron chi connectivity index (χ4n) is 3.64. The largest absolute Gasteiger partial charge is 0.447 e. The van der Waals surface area contributed by atoms with Crippen molar-refractivity contribution in [2.75, 3.05) is 19.7 Å². The third-order valence-corrected chi connectivity index (χ3v) is 4.59. The Bertz CT molecular complexity index is 283. The summed E-state index contributed by atoms with van der Waals surface area (Å²) in [6.07, 6.45) is 7.21. The molecule has 1 unspecified atom stereocenters. The van der Waals surface area contributed by atoms with E-state index in [9.17, 15) is 4.79 Å². The molecule has 1 amide bonds. The van der Waals surface area contributed by atoms with E-state index in [4.69, 9.17) is 4.74 Å². The first kappa shape index (κ1) is 11.3. The molecule has 17 heavy (non-hydrogen) atoms. The van der Waals surface area contributed by atoms with Gasteiger partial charge >= 0.3 is 6.09 Å². The van der Waals surface area contributed by atoms with E-state index in [0.717, 1.165) is 13.1 Å². The lowest BCUT2D eigenvalue weighted by Gasteiger charge is -2.35. The topological polar surface area (TPSA) is 41.6 Å². The minimum Gasteiger partial charge on any atom is -0.447 e. The second-order valence-corrected chi connectivity index (χ2v) is 5.58. The Kier molecular flexibility index (Phi) is 3.23. The number of ether oxygens (including phenoxy) is 1. The number of nitrogens with one attached hydrogen (secondary N) is 1. The molecule has 96 valence electrons. The Morgan fingerprint density at radius 1 is 1.12 bits per heavy atom. The molecular weight excluding hydrogens is 216 g/mol. The van der Waals surface area contributed by atoms with Crippen molar-refractivity contribution in [3.05, 3.63) is 0 Å². The van der Waals surface area contributed by atoms with Gasteiger partial charge in [-0.3, -0.25) is 4.90 Å². The molecule has 2 saturated heterocycles. The van der Waals surface area contributed by atoms with Gasteiger partial charge < -0.3 is 10.1 Å². The van der Waals surface area contributed by atoms with Crippen LogP contribution in [-0.4, -0.2) is 42.8 Å². The van der Waals surface area contributed by atoms with Crippen molar-refractivity contribution < 1.29 is 9.53 Å². The van der Waals surface area contributed by atoms with Crippen molar-refractivity contribution in [1.82, 2.24) is 10.2 Å². The smallest absolute Gasteiger partial charge is 0.410 e. The SMILES string of the molecule is O=C1OCC(C2CCNCC2)N1C1CCCC1. The van der Waals surface area contributed by atoms with Crippen molar-refractivity contribution in [3.8, 4) is 0 Å². The van der Waals surface area contributed by atoms with Crippen LogP contribution in [0.2, 0.25) is 0 Å². The first-order valence-electron chi connectivity index (χ1n) is 7.02. The Balaban J connectivity index is 1.71. The standard InChI is InChI=1S/C13H22N2O2/c16-13-15(11-3-1-2-4-11)12(9-17-13)10-5-7-14-8-6-10/h10-12,14H,1-9H2. The van der Waals surface area contributed by atoms with Crippen LogP contribution in [0.4, 0.5) is 4.79 Å². The van der Waals surface area contributed by atoms with Crippen LogP contribution in [0.1, 0.15) is 38.5 Å². The Morgan fingerprint density at radius 2 is 1.82 bits per heavy atom. The second kappa shape index (κ2) is 4.84. The number of rotatable bonds is 2. The molecule has 3 fully saturated rings. The zero-order valence-electron chi connectivity index (χ0n) is 10.4. The van der Waals surface area contributed by atoms with Gasteiger partial charge in [0.1, 0.15) is 6.61 Å². The average molecular weight is 238 g/mol. The monoisotopic (exact) mass is 238 g/mol. The Hall–Kier alpha value is -0.770. The highest BCUT2D eigenvalue weighted by Gasteiger charge is 2.42. The number of amides is 1. The molecule has 4 nitrogen and oxygen atoms in total. The lowest BCUT2D eigenvalue weighted by molar-refractivity contribution is 0.131. The average Bonchev–Trinajstić information content (AvgIpc) is 2.99. The van der Waals surface area contributed by atoms with E-state index < -0.39 is 0 Å². The number of nitrogens with zero attached hydrogens (tertiary/aromatic N) is 1. The maximum atomic E-state index is 11.9. The second-order valence-electron chi connectivity index (χ2n) is 5.58. The summed E-state index contributed by atoms with van der Waals surface area (Å²) < 4.78 is 5.31. The van der Waals surface area contributed by atoms with Gasteiger partial charge in [0.05, 0.1) is 6.04 Å². The van der Waals surface area contributed by atoms with E-state index in [1.54, 1.807) is 0 Å². The summed E-state index contributed by atoms with van der Waals surface area (Å²) in [6, 6.07) is 0.817. The highest BCUT2D eigenvalue weighted by atomic mass is 16.6. The van der Waals surface area contributed by atoms with Gasteiger partial charge in [-0.15, -0.1) is 0 Å². The maximum Gasteiger partial charge on any atom is 0.410 e. The van der Waals surface area contributed by atoms with Crippen LogP contribution in [0.3, 0.4) is 0 Å². The van der Waals surface area contributed by atoms with Crippen molar-refractivity contribution in [2.45, 2.75) is 50.6 Å². The molecule has 0 aromatic carbocycles. The zero-order valence-corrected chi connectivity index (χ0v) is 10.4. The normalized spacial score (nSPS) is 32.1. The molecule has 2 aliphatic heterocycles. The summed E-state index contributed by atoms with van der Waals surface area (Å²) in [5, 5.41) is 3.39. The van der Waals surface area contributed by atoms with Crippen LogP contribution in [-0.2, 0) is 4.74 Å². The summed E-state index contributed by atoms with van der Waals surface area (Å²) in [5.74, 6) is 0.642. The Morgan fingerprint density at radius 3 is 2.53 bits per heavy atom. The molecule has 0 bridgehead atoms. The predicted octanol–water partition coefficient (Wildman–Crippen LogP) is 1.75. The highest BCUT2D eigenvalue weighted by molar-refractivity contribution is 5.70.